The molecule has 2 aromatic rings. The van der Waals surface area contributed by atoms with Gasteiger partial charge >= 0.3 is 0 Å². The standard InChI is InChI=1S/C18H22N4O3.ClH/c1-3-19-12-14-8-4-5-9-15(14)20-18(23)13-21(2)16-10-6-7-11-17(16)22(24)25;/h4-11,19H,3,12-13H2,1-2H3,(H,20,23);1H. The number of rotatable bonds is 8. The van der Waals surface area contributed by atoms with Crippen molar-refractivity contribution in [3.8, 4) is 0 Å². The highest BCUT2D eigenvalue weighted by molar-refractivity contribution is 5.95. The largest absolute Gasteiger partial charge is 0.360 e. The van der Waals surface area contributed by atoms with Gasteiger partial charge in [-0.05, 0) is 24.2 Å². The zero-order valence-electron chi connectivity index (χ0n) is 14.8. The van der Waals surface area contributed by atoms with Gasteiger partial charge in [-0.3, -0.25) is 14.9 Å². The number of carbonyl (C=O) groups excluding carboxylic acids is 1. The van der Waals surface area contributed by atoms with Crippen molar-refractivity contribution in [2.45, 2.75) is 13.5 Å². The maximum Gasteiger partial charge on any atom is 0.292 e. The topological polar surface area (TPSA) is 87.5 Å². The maximum atomic E-state index is 12.4. The van der Waals surface area contributed by atoms with E-state index in [-0.39, 0.29) is 30.5 Å². The summed E-state index contributed by atoms with van der Waals surface area (Å²) in [5, 5.41) is 17.2. The van der Waals surface area contributed by atoms with Crippen molar-refractivity contribution in [3.63, 3.8) is 0 Å². The van der Waals surface area contributed by atoms with Crippen LogP contribution in [-0.4, -0.2) is 31.0 Å². The zero-order chi connectivity index (χ0) is 18.2. The third-order valence-electron chi connectivity index (χ3n) is 3.73. The van der Waals surface area contributed by atoms with Crippen LogP contribution >= 0.6 is 12.4 Å². The van der Waals surface area contributed by atoms with E-state index in [1.807, 2.05) is 31.2 Å². The van der Waals surface area contributed by atoms with Crippen molar-refractivity contribution in [1.29, 1.82) is 0 Å². The van der Waals surface area contributed by atoms with Crippen LogP contribution in [0.25, 0.3) is 0 Å². The Morgan fingerprint density at radius 1 is 1.15 bits per heavy atom. The van der Waals surface area contributed by atoms with E-state index >= 15 is 0 Å². The third kappa shape index (κ3) is 5.72. The van der Waals surface area contributed by atoms with Crippen LogP contribution in [-0.2, 0) is 11.3 Å². The molecule has 0 aliphatic rings. The molecule has 0 unspecified atom stereocenters. The lowest BCUT2D eigenvalue weighted by Crippen LogP contribution is -2.31. The molecule has 2 N–H and O–H groups in total. The smallest absolute Gasteiger partial charge is 0.292 e. The van der Waals surface area contributed by atoms with Crippen LogP contribution < -0.4 is 15.5 Å². The Kier molecular flexibility index (Phi) is 8.54. The molecule has 2 rings (SSSR count). The van der Waals surface area contributed by atoms with Crippen molar-refractivity contribution in [2.75, 3.05) is 30.4 Å². The third-order valence-corrected chi connectivity index (χ3v) is 3.73. The first-order valence-electron chi connectivity index (χ1n) is 8.06. The second-order valence-corrected chi connectivity index (χ2v) is 5.59. The molecule has 0 spiro atoms. The number of hydrogen-bond acceptors (Lipinski definition) is 5. The van der Waals surface area contributed by atoms with Crippen LogP contribution in [0.1, 0.15) is 12.5 Å². The average Bonchev–Trinajstić information content (AvgIpc) is 2.60. The monoisotopic (exact) mass is 378 g/mol. The van der Waals surface area contributed by atoms with Crippen molar-refractivity contribution in [3.05, 3.63) is 64.2 Å². The predicted octanol–water partition coefficient (Wildman–Crippen LogP) is 3.20. The van der Waals surface area contributed by atoms with Gasteiger partial charge in [0.1, 0.15) is 5.69 Å². The first kappa shape index (κ1) is 21.4. The van der Waals surface area contributed by atoms with Gasteiger partial charge in [0, 0.05) is 25.3 Å². The summed E-state index contributed by atoms with van der Waals surface area (Å²) in [5.41, 5.74) is 2.12. The Balaban J connectivity index is 0.00000338. The Morgan fingerprint density at radius 2 is 1.81 bits per heavy atom. The Hall–Kier alpha value is -2.64. The van der Waals surface area contributed by atoms with Crippen LogP contribution in [0, 0.1) is 10.1 Å². The van der Waals surface area contributed by atoms with Gasteiger partial charge in [-0.1, -0.05) is 37.3 Å². The molecule has 0 heterocycles. The SMILES string of the molecule is CCNCc1ccccc1NC(=O)CN(C)c1ccccc1[N+](=O)[O-].Cl. The fraction of sp³-hybridized carbons (Fsp3) is 0.278. The molecule has 26 heavy (non-hydrogen) atoms. The second kappa shape index (κ2) is 10.4. The van der Waals surface area contributed by atoms with Gasteiger partial charge in [-0.2, -0.15) is 0 Å². The number of amides is 1. The highest BCUT2D eigenvalue weighted by Gasteiger charge is 2.18. The molecule has 0 atom stereocenters. The summed E-state index contributed by atoms with van der Waals surface area (Å²) in [6, 6.07) is 13.9. The van der Waals surface area contributed by atoms with Gasteiger partial charge in [0.25, 0.3) is 5.69 Å². The van der Waals surface area contributed by atoms with Crippen LogP contribution in [0.4, 0.5) is 17.1 Å². The highest BCUT2D eigenvalue weighted by Crippen LogP contribution is 2.26. The highest BCUT2D eigenvalue weighted by atomic mass is 35.5. The number of nitrogens with one attached hydrogen (secondary N) is 2. The molecule has 0 aromatic heterocycles. The van der Waals surface area contributed by atoms with E-state index < -0.39 is 4.92 Å². The quantitative estimate of drug-likeness (QED) is 0.544. The average molecular weight is 379 g/mol. The van der Waals surface area contributed by atoms with Crippen LogP contribution in [0.15, 0.2) is 48.5 Å². The summed E-state index contributed by atoms with van der Waals surface area (Å²) in [6.07, 6.45) is 0. The summed E-state index contributed by atoms with van der Waals surface area (Å²) in [7, 11) is 1.66. The van der Waals surface area contributed by atoms with Gasteiger partial charge < -0.3 is 15.5 Å². The number of carbonyl (C=O) groups is 1. The minimum atomic E-state index is -0.449. The Morgan fingerprint density at radius 3 is 2.50 bits per heavy atom. The molecular weight excluding hydrogens is 356 g/mol. The summed E-state index contributed by atoms with van der Waals surface area (Å²) < 4.78 is 0. The van der Waals surface area contributed by atoms with Crippen molar-refractivity contribution in [2.24, 2.45) is 0 Å². The number of anilines is 2. The van der Waals surface area contributed by atoms with E-state index in [1.165, 1.54) is 6.07 Å². The molecule has 0 saturated heterocycles. The first-order valence-corrected chi connectivity index (χ1v) is 8.06. The van der Waals surface area contributed by atoms with Crippen LogP contribution in [0.2, 0.25) is 0 Å². The molecule has 0 saturated carbocycles. The van der Waals surface area contributed by atoms with Crippen molar-refractivity contribution < 1.29 is 9.72 Å². The van der Waals surface area contributed by atoms with Crippen molar-refractivity contribution >= 4 is 35.4 Å². The molecule has 1 amide bonds. The number of likely N-dealkylation sites (N-methyl/N-ethyl adjacent to an activating group) is 1. The lowest BCUT2D eigenvalue weighted by atomic mass is 10.1. The molecule has 7 nitrogen and oxygen atoms in total. The molecule has 0 radical (unpaired) electrons. The van der Waals surface area contributed by atoms with Gasteiger partial charge in [-0.25, -0.2) is 0 Å². The predicted molar refractivity (Wildman–Crippen MR) is 106 cm³/mol. The van der Waals surface area contributed by atoms with Crippen molar-refractivity contribution in [1.82, 2.24) is 5.32 Å². The Bertz CT molecular complexity index is 755. The summed E-state index contributed by atoms with van der Waals surface area (Å²) in [4.78, 5) is 24.6. The molecule has 2 aromatic carbocycles. The number of para-hydroxylation sites is 3. The Labute approximate surface area is 159 Å². The second-order valence-electron chi connectivity index (χ2n) is 5.59. The minimum Gasteiger partial charge on any atom is -0.360 e. The van der Waals surface area contributed by atoms with Crippen LogP contribution in [0.3, 0.4) is 0 Å². The van der Waals surface area contributed by atoms with Crippen LogP contribution in [0.5, 0.6) is 0 Å². The number of nitro benzene ring substituents is 1. The fourth-order valence-corrected chi connectivity index (χ4v) is 2.49. The number of hydrogen-bond donors (Lipinski definition) is 2. The number of halogens is 1. The lowest BCUT2D eigenvalue weighted by molar-refractivity contribution is -0.384. The van der Waals surface area contributed by atoms with E-state index in [2.05, 4.69) is 10.6 Å². The van der Waals surface area contributed by atoms with E-state index in [9.17, 15) is 14.9 Å². The molecule has 140 valence electrons. The molecule has 8 heteroatoms. The van der Waals surface area contributed by atoms with Gasteiger partial charge in [0.2, 0.25) is 5.91 Å². The molecular formula is C18H23ClN4O3. The number of benzene rings is 2. The normalized spacial score (nSPS) is 9.92. The minimum absolute atomic E-state index is 0. The van der Waals surface area contributed by atoms with E-state index in [0.29, 0.717) is 12.2 Å². The van der Waals surface area contributed by atoms with E-state index in [1.54, 1.807) is 30.1 Å². The van der Waals surface area contributed by atoms with Gasteiger partial charge in [-0.15, -0.1) is 12.4 Å². The van der Waals surface area contributed by atoms with E-state index in [4.69, 9.17) is 0 Å². The number of nitro groups is 1. The molecule has 0 fully saturated rings. The summed E-state index contributed by atoms with van der Waals surface area (Å²) >= 11 is 0. The molecule has 0 aliphatic heterocycles. The lowest BCUT2D eigenvalue weighted by Gasteiger charge is -2.19. The van der Waals surface area contributed by atoms with Gasteiger partial charge in [0.05, 0.1) is 11.5 Å². The fourth-order valence-electron chi connectivity index (χ4n) is 2.49. The molecule has 0 bridgehead atoms. The summed E-state index contributed by atoms with van der Waals surface area (Å²) in [5.74, 6) is -0.232. The summed E-state index contributed by atoms with van der Waals surface area (Å²) in [6.45, 7) is 3.53. The molecule has 0 aliphatic carbocycles. The zero-order valence-corrected chi connectivity index (χ0v) is 15.6. The first-order chi connectivity index (χ1) is 12.0. The number of nitrogens with zero attached hydrogens (tertiary/aromatic N) is 2. The van der Waals surface area contributed by atoms with Gasteiger partial charge in [0.15, 0.2) is 0 Å². The maximum absolute atomic E-state index is 12.4. The van der Waals surface area contributed by atoms with E-state index in [0.717, 1.165) is 17.8 Å².